The van der Waals surface area contributed by atoms with E-state index in [2.05, 4.69) is 31.7 Å². The van der Waals surface area contributed by atoms with Crippen LogP contribution in [0.4, 0.5) is 22.1 Å². The first kappa shape index (κ1) is 22.9. The molecular formula is C23H34N8O2. The van der Waals surface area contributed by atoms with E-state index in [4.69, 9.17) is 0 Å². The van der Waals surface area contributed by atoms with Crippen LogP contribution < -0.4 is 20.4 Å². The van der Waals surface area contributed by atoms with Gasteiger partial charge < -0.3 is 20.4 Å². The lowest BCUT2D eigenvalue weighted by Crippen LogP contribution is -2.51. The summed E-state index contributed by atoms with van der Waals surface area (Å²) in [6, 6.07) is 6.02. The molecular weight excluding hydrogens is 420 g/mol. The Hall–Kier alpha value is -3.30. The van der Waals surface area contributed by atoms with Crippen LogP contribution in [-0.4, -0.2) is 77.4 Å². The molecule has 3 amide bonds. The minimum absolute atomic E-state index is 0.00864. The molecule has 10 heteroatoms. The van der Waals surface area contributed by atoms with Crippen molar-refractivity contribution in [1.82, 2.24) is 25.0 Å². The molecule has 2 aromatic heterocycles. The van der Waals surface area contributed by atoms with Crippen LogP contribution in [0.3, 0.4) is 0 Å². The first-order valence-corrected chi connectivity index (χ1v) is 11.9. The average molecular weight is 455 g/mol. The average Bonchev–Trinajstić information content (AvgIpc) is 3.22. The second-order valence-corrected chi connectivity index (χ2v) is 8.51. The number of aryl methyl sites for hydroxylation is 2. The van der Waals surface area contributed by atoms with Crippen molar-refractivity contribution in [2.75, 3.05) is 60.9 Å². The highest BCUT2D eigenvalue weighted by molar-refractivity contribution is 5.92. The van der Waals surface area contributed by atoms with Crippen LogP contribution in [0.5, 0.6) is 0 Å². The molecule has 4 heterocycles. The summed E-state index contributed by atoms with van der Waals surface area (Å²) in [5.74, 6) is 1.87. The number of anilines is 3. The van der Waals surface area contributed by atoms with Gasteiger partial charge in [0.15, 0.2) is 0 Å². The molecule has 178 valence electrons. The largest absolute Gasteiger partial charge is 0.370 e. The molecule has 0 spiro atoms. The third-order valence-corrected chi connectivity index (χ3v) is 6.09. The number of carbonyl (C=O) groups excluding carboxylic acids is 2. The van der Waals surface area contributed by atoms with Crippen LogP contribution in [-0.2, 0) is 11.3 Å². The molecule has 10 nitrogen and oxygen atoms in total. The number of nitrogens with one attached hydrogen (secondary N) is 2. The number of amides is 3. The maximum atomic E-state index is 12.7. The lowest BCUT2D eigenvalue weighted by Gasteiger charge is -2.35. The van der Waals surface area contributed by atoms with Crippen LogP contribution in [0.2, 0.25) is 0 Å². The summed E-state index contributed by atoms with van der Waals surface area (Å²) in [7, 11) is 0. The van der Waals surface area contributed by atoms with Crippen molar-refractivity contribution in [3.63, 3.8) is 0 Å². The minimum atomic E-state index is 0.00864. The van der Waals surface area contributed by atoms with E-state index in [-0.39, 0.29) is 11.9 Å². The van der Waals surface area contributed by atoms with Gasteiger partial charge in [0.05, 0.1) is 17.6 Å². The number of urea groups is 1. The highest BCUT2D eigenvalue weighted by Crippen LogP contribution is 2.23. The monoisotopic (exact) mass is 454 g/mol. The Morgan fingerprint density at radius 2 is 1.91 bits per heavy atom. The van der Waals surface area contributed by atoms with E-state index in [1.54, 1.807) is 0 Å². The second-order valence-electron chi connectivity index (χ2n) is 8.51. The zero-order valence-corrected chi connectivity index (χ0v) is 19.6. The molecule has 33 heavy (non-hydrogen) atoms. The van der Waals surface area contributed by atoms with Crippen molar-refractivity contribution in [1.29, 1.82) is 0 Å². The standard InChI is InChI=1S/C23H34N8O2/c1-3-24-23(33)29-14-12-28(13-15-29)19-7-8-20(26-17-19)25-9-4-6-22(32)30-10-5-11-31-21(30)16-18(2)27-31/h7-8,16-17H,3-6,9-15H2,1-2H3,(H,24,33)(H,25,26). The third kappa shape index (κ3) is 5.55. The SMILES string of the molecule is CCNC(=O)N1CCN(c2ccc(NCCCC(=O)N3CCCn4nc(C)cc43)nc2)CC1. The summed E-state index contributed by atoms with van der Waals surface area (Å²) in [6.07, 6.45) is 4.04. The molecule has 0 bridgehead atoms. The van der Waals surface area contributed by atoms with Gasteiger partial charge in [0, 0.05) is 64.8 Å². The van der Waals surface area contributed by atoms with E-state index in [0.717, 1.165) is 62.0 Å². The highest BCUT2D eigenvalue weighted by Gasteiger charge is 2.24. The summed E-state index contributed by atoms with van der Waals surface area (Å²) in [5, 5.41) is 10.6. The normalized spacial score (nSPS) is 15.9. The molecule has 1 saturated heterocycles. The van der Waals surface area contributed by atoms with E-state index in [1.807, 2.05) is 46.7 Å². The van der Waals surface area contributed by atoms with Crippen molar-refractivity contribution >= 4 is 29.3 Å². The van der Waals surface area contributed by atoms with Gasteiger partial charge in [0.2, 0.25) is 5.91 Å². The predicted octanol–water partition coefficient (Wildman–Crippen LogP) is 2.07. The molecule has 0 saturated carbocycles. The molecule has 2 aliphatic rings. The fourth-order valence-electron chi connectivity index (χ4n) is 4.36. The molecule has 2 aromatic rings. The number of fused-ring (bicyclic) bond motifs is 1. The molecule has 0 unspecified atom stereocenters. The Morgan fingerprint density at radius 1 is 1.09 bits per heavy atom. The summed E-state index contributed by atoms with van der Waals surface area (Å²) < 4.78 is 1.93. The molecule has 0 radical (unpaired) electrons. The van der Waals surface area contributed by atoms with Crippen LogP contribution in [0, 0.1) is 6.92 Å². The number of hydrogen-bond donors (Lipinski definition) is 2. The van der Waals surface area contributed by atoms with E-state index in [9.17, 15) is 9.59 Å². The van der Waals surface area contributed by atoms with E-state index in [0.29, 0.717) is 32.6 Å². The quantitative estimate of drug-likeness (QED) is 0.622. The summed E-state index contributed by atoms with van der Waals surface area (Å²) in [5.41, 5.74) is 2.01. The topological polar surface area (TPSA) is 98.6 Å². The molecule has 2 N–H and O–H groups in total. The lowest BCUT2D eigenvalue weighted by atomic mass is 10.2. The Bertz CT molecular complexity index is 950. The van der Waals surface area contributed by atoms with Gasteiger partial charge in [-0.1, -0.05) is 0 Å². The van der Waals surface area contributed by atoms with Crippen molar-refractivity contribution in [3.8, 4) is 0 Å². The van der Waals surface area contributed by atoms with Crippen LogP contribution in [0.25, 0.3) is 0 Å². The molecule has 2 aliphatic heterocycles. The zero-order chi connectivity index (χ0) is 23.2. The number of carbonyl (C=O) groups is 2. The Labute approximate surface area is 194 Å². The van der Waals surface area contributed by atoms with Gasteiger partial charge in [-0.05, 0) is 38.8 Å². The van der Waals surface area contributed by atoms with Crippen molar-refractivity contribution in [3.05, 3.63) is 30.1 Å². The summed E-state index contributed by atoms with van der Waals surface area (Å²) in [4.78, 5) is 35.1. The first-order valence-electron chi connectivity index (χ1n) is 11.9. The van der Waals surface area contributed by atoms with Crippen molar-refractivity contribution < 1.29 is 9.59 Å². The second kappa shape index (κ2) is 10.5. The Balaban J connectivity index is 1.19. The van der Waals surface area contributed by atoms with Gasteiger partial charge in [-0.2, -0.15) is 5.10 Å². The van der Waals surface area contributed by atoms with E-state index < -0.39 is 0 Å². The molecule has 0 aromatic carbocycles. The number of pyridine rings is 1. The molecule has 1 fully saturated rings. The van der Waals surface area contributed by atoms with Gasteiger partial charge in [0.1, 0.15) is 11.6 Å². The highest BCUT2D eigenvalue weighted by atomic mass is 16.2. The maximum Gasteiger partial charge on any atom is 0.317 e. The van der Waals surface area contributed by atoms with Gasteiger partial charge in [-0.25, -0.2) is 14.5 Å². The number of nitrogens with zero attached hydrogens (tertiary/aromatic N) is 6. The number of hydrogen-bond acceptors (Lipinski definition) is 6. The Kier molecular flexibility index (Phi) is 7.31. The zero-order valence-electron chi connectivity index (χ0n) is 19.6. The predicted molar refractivity (Wildman–Crippen MR) is 129 cm³/mol. The lowest BCUT2D eigenvalue weighted by molar-refractivity contribution is -0.118. The summed E-state index contributed by atoms with van der Waals surface area (Å²) >= 11 is 0. The van der Waals surface area contributed by atoms with Crippen LogP contribution in [0.15, 0.2) is 24.4 Å². The minimum Gasteiger partial charge on any atom is -0.370 e. The van der Waals surface area contributed by atoms with Crippen LogP contribution in [0.1, 0.15) is 31.9 Å². The fourth-order valence-corrected chi connectivity index (χ4v) is 4.36. The maximum absolute atomic E-state index is 12.7. The van der Waals surface area contributed by atoms with Crippen molar-refractivity contribution in [2.24, 2.45) is 0 Å². The van der Waals surface area contributed by atoms with Gasteiger partial charge in [0.25, 0.3) is 0 Å². The number of piperazine rings is 1. The third-order valence-electron chi connectivity index (χ3n) is 6.09. The number of rotatable bonds is 7. The smallest absolute Gasteiger partial charge is 0.317 e. The van der Waals surface area contributed by atoms with Crippen LogP contribution >= 0.6 is 0 Å². The van der Waals surface area contributed by atoms with E-state index >= 15 is 0 Å². The first-order chi connectivity index (χ1) is 16.0. The number of aromatic nitrogens is 3. The van der Waals surface area contributed by atoms with E-state index in [1.165, 1.54) is 0 Å². The molecule has 0 atom stereocenters. The summed E-state index contributed by atoms with van der Waals surface area (Å²) in [6.45, 7) is 9.86. The molecule has 0 aliphatic carbocycles. The van der Waals surface area contributed by atoms with Gasteiger partial charge in [-0.3, -0.25) is 9.69 Å². The van der Waals surface area contributed by atoms with Crippen molar-refractivity contribution in [2.45, 2.75) is 39.7 Å². The fraction of sp³-hybridized carbons (Fsp3) is 0.565. The van der Waals surface area contributed by atoms with Gasteiger partial charge in [-0.15, -0.1) is 0 Å². The Morgan fingerprint density at radius 3 is 2.64 bits per heavy atom. The van der Waals surface area contributed by atoms with Gasteiger partial charge >= 0.3 is 6.03 Å². The molecule has 4 rings (SSSR count).